The summed E-state index contributed by atoms with van der Waals surface area (Å²) in [6.45, 7) is 0. The Kier molecular flexibility index (Phi) is 4.54. The maximum absolute atomic E-state index is 5.22. The third-order valence-electron chi connectivity index (χ3n) is 4.04. The molecule has 0 saturated carbocycles. The van der Waals surface area contributed by atoms with Crippen LogP contribution in [-0.2, 0) is 0 Å². The predicted molar refractivity (Wildman–Crippen MR) is 109 cm³/mol. The number of hydrogen-bond donors (Lipinski definition) is 1. The smallest absolute Gasteiger partial charge is 0.162 e. The second kappa shape index (κ2) is 7.14. The van der Waals surface area contributed by atoms with Crippen LogP contribution in [0, 0.1) is 0 Å². The number of halogens is 1. The average Bonchev–Trinajstić information content (AvgIpc) is 2.69. The molecule has 1 heterocycles. The van der Waals surface area contributed by atoms with Gasteiger partial charge in [0.1, 0.15) is 11.6 Å². The largest absolute Gasteiger partial charge is 0.497 e. The van der Waals surface area contributed by atoms with Gasteiger partial charge in [-0.05, 0) is 42.5 Å². The van der Waals surface area contributed by atoms with Gasteiger partial charge < -0.3 is 10.1 Å². The van der Waals surface area contributed by atoms with E-state index < -0.39 is 0 Å². The summed E-state index contributed by atoms with van der Waals surface area (Å²) in [7, 11) is 1.66. The Morgan fingerprint density at radius 1 is 0.885 bits per heavy atom. The van der Waals surface area contributed by atoms with Crippen molar-refractivity contribution in [3.05, 3.63) is 77.3 Å². The van der Waals surface area contributed by atoms with Gasteiger partial charge in [0.2, 0.25) is 0 Å². The number of anilines is 2. The Labute approximate surface area is 160 Å². The molecule has 0 aliphatic heterocycles. The first-order chi connectivity index (χ1) is 12.7. The summed E-state index contributed by atoms with van der Waals surface area (Å²) in [4.78, 5) is 9.50. The summed E-state index contributed by atoms with van der Waals surface area (Å²) in [6, 6.07) is 23.7. The van der Waals surface area contributed by atoms with E-state index in [4.69, 9.17) is 14.7 Å². The zero-order valence-corrected chi connectivity index (χ0v) is 15.7. The number of hydrogen-bond acceptors (Lipinski definition) is 4. The van der Waals surface area contributed by atoms with Crippen LogP contribution in [-0.4, -0.2) is 17.1 Å². The van der Waals surface area contributed by atoms with E-state index in [1.165, 1.54) is 0 Å². The lowest BCUT2D eigenvalue weighted by Gasteiger charge is -2.12. The predicted octanol–water partition coefficient (Wildman–Crippen LogP) is 5.81. The zero-order chi connectivity index (χ0) is 17.9. The van der Waals surface area contributed by atoms with Crippen LogP contribution in [0.2, 0.25) is 0 Å². The molecule has 4 nitrogen and oxygen atoms in total. The molecule has 0 spiro atoms. The van der Waals surface area contributed by atoms with E-state index in [0.29, 0.717) is 5.82 Å². The van der Waals surface area contributed by atoms with Crippen molar-refractivity contribution < 1.29 is 4.74 Å². The minimum Gasteiger partial charge on any atom is -0.497 e. The summed E-state index contributed by atoms with van der Waals surface area (Å²) in [5.41, 5.74) is 2.80. The van der Waals surface area contributed by atoms with Crippen LogP contribution >= 0.6 is 15.9 Å². The molecule has 0 radical (unpaired) electrons. The molecule has 1 aromatic heterocycles. The molecule has 1 N–H and O–H groups in total. The van der Waals surface area contributed by atoms with Crippen LogP contribution in [0.25, 0.3) is 22.3 Å². The lowest BCUT2D eigenvalue weighted by Crippen LogP contribution is -1.99. The number of fused-ring (bicyclic) bond motifs is 1. The molecule has 0 aliphatic rings. The minimum atomic E-state index is 0.691. The van der Waals surface area contributed by atoms with Crippen molar-refractivity contribution in [3.8, 4) is 17.1 Å². The van der Waals surface area contributed by atoms with Crippen molar-refractivity contribution in [1.82, 2.24) is 9.97 Å². The fourth-order valence-electron chi connectivity index (χ4n) is 2.72. The molecule has 0 atom stereocenters. The van der Waals surface area contributed by atoms with Crippen molar-refractivity contribution in [2.24, 2.45) is 0 Å². The van der Waals surface area contributed by atoms with E-state index in [1.54, 1.807) is 7.11 Å². The third kappa shape index (κ3) is 3.39. The molecule has 5 heteroatoms. The molecule has 0 unspecified atom stereocenters. The van der Waals surface area contributed by atoms with Crippen LogP contribution in [0.4, 0.5) is 11.5 Å². The number of nitrogens with zero attached hydrogens (tertiary/aromatic N) is 2. The maximum atomic E-state index is 5.22. The van der Waals surface area contributed by atoms with Gasteiger partial charge in [-0.15, -0.1) is 0 Å². The van der Waals surface area contributed by atoms with Crippen molar-refractivity contribution in [3.63, 3.8) is 0 Å². The lowest BCUT2D eigenvalue weighted by atomic mass is 10.2. The van der Waals surface area contributed by atoms with E-state index in [0.717, 1.165) is 38.2 Å². The topological polar surface area (TPSA) is 47.0 Å². The van der Waals surface area contributed by atoms with Crippen LogP contribution in [0.3, 0.4) is 0 Å². The SMILES string of the molecule is COc1ccc(Nc2nc(-c3ccccc3)nc3ccc(Br)cc23)cc1. The van der Waals surface area contributed by atoms with Crippen LogP contribution in [0.1, 0.15) is 0 Å². The second-order valence-corrected chi connectivity index (χ2v) is 6.69. The molecule has 4 rings (SSSR count). The Morgan fingerprint density at radius 3 is 2.38 bits per heavy atom. The molecular weight excluding hydrogens is 390 g/mol. The van der Waals surface area contributed by atoms with Crippen molar-refractivity contribution in [2.75, 3.05) is 12.4 Å². The molecule has 0 fully saturated rings. The molecule has 0 aliphatic carbocycles. The fourth-order valence-corrected chi connectivity index (χ4v) is 3.08. The van der Waals surface area contributed by atoms with Gasteiger partial charge in [-0.25, -0.2) is 9.97 Å². The molecule has 4 aromatic rings. The van der Waals surface area contributed by atoms with Crippen molar-refractivity contribution >= 4 is 38.3 Å². The van der Waals surface area contributed by atoms with E-state index in [1.807, 2.05) is 72.8 Å². The molecule has 26 heavy (non-hydrogen) atoms. The summed E-state index contributed by atoms with van der Waals surface area (Å²) in [5.74, 6) is 2.27. The maximum Gasteiger partial charge on any atom is 0.162 e. The molecule has 3 aromatic carbocycles. The first-order valence-corrected chi connectivity index (χ1v) is 8.96. The normalized spacial score (nSPS) is 10.7. The van der Waals surface area contributed by atoms with E-state index in [2.05, 4.69) is 21.2 Å². The number of nitrogens with one attached hydrogen (secondary N) is 1. The summed E-state index contributed by atoms with van der Waals surface area (Å²) < 4.78 is 6.21. The fraction of sp³-hybridized carbons (Fsp3) is 0.0476. The van der Waals surface area contributed by atoms with E-state index in [-0.39, 0.29) is 0 Å². The lowest BCUT2D eigenvalue weighted by molar-refractivity contribution is 0.415. The van der Waals surface area contributed by atoms with Crippen molar-refractivity contribution in [1.29, 1.82) is 0 Å². The van der Waals surface area contributed by atoms with Crippen molar-refractivity contribution in [2.45, 2.75) is 0 Å². The number of aromatic nitrogens is 2. The first kappa shape index (κ1) is 16.5. The molecule has 128 valence electrons. The highest BCUT2D eigenvalue weighted by molar-refractivity contribution is 9.10. The van der Waals surface area contributed by atoms with Gasteiger partial charge in [-0.3, -0.25) is 0 Å². The van der Waals surface area contributed by atoms with Gasteiger partial charge in [0, 0.05) is 21.1 Å². The van der Waals surface area contributed by atoms with Gasteiger partial charge in [-0.1, -0.05) is 46.3 Å². The Morgan fingerprint density at radius 2 is 1.65 bits per heavy atom. The molecule has 0 bridgehead atoms. The van der Waals surface area contributed by atoms with Gasteiger partial charge in [0.15, 0.2) is 5.82 Å². The number of methoxy groups -OCH3 is 1. The standard InChI is InChI=1S/C21H16BrN3O/c1-26-17-10-8-16(9-11-17)23-21-18-13-15(22)7-12-19(18)24-20(25-21)14-5-3-2-4-6-14/h2-13H,1H3,(H,23,24,25). The summed E-state index contributed by atoms with van der Waals surface area (Å²) in [6.07, 6.45) is 0. The molecule has 0 saturated heterocycles. The minimum absolute atomic E-state index is 0.691. The van der Waals surface area contributed by atoms with Gasteiger partial charge >= 0.3 is 0 Å². The van der Waals surface area contributed by atoms with Crippen LogP contribution < -0.4 is 10.1 Å². The van der Waals surface area contributed by atoms with E-state index >= 15 is 0 Å². The van der Waals surface area contributed by atoms with Gasteiger partial charge in [0.25, 0.3) is 0 Å². The monoisotopic (exact) mass is 405 g/mol. The quantitative estimate of drug-likeness (QED) is 0.465. The molecule has 0 amide bonds. The first-order valence-electron chi connectivity index (χ1n) is 8.17. The highest BCUT2D eigenvalue weighted by atomic mass is 79.9. The number of benzene rings is 3. The van der Waals surface area contributed by atoms with E-state index in [9.17, 15) is 0 Å². The van der Waals surface area contributed by atoms with Crippen LogP contribution in [0.5, 0.6) is 5.75 Å². The van der Waals surface area contributed by atoms with Gasteiger partial charge in [0.05, 0.1) is 12.6 Å². The zero-order valence-electron chi connectivity index (χ0n) is 14.1. The highest BCUT2D eigenvalue weighted by Gasteiger charge is 2.10. The Bertz CT molecular complexity index is 1050. The van der Waals surface area contributed by atoms with Crippen LogP contribution in [0.15, 0.2) is 77.3 Å². The molecular formula is C21H16BrN3O. The Hall–Kier alpha value is -2.92. The second-order valence-electron chi connectivity index (χ2n) is 5.78. The van der Waals surface area contributed by atoms with Gasteiger partial charge in [-0.2, -0.15) is 0 Å². The number of ether oxygens (including phenoxy) is 1. The number of rotatable bonds is 4. The highest BCUT2D eigenvalue weighted by Crippen LogP contribution is 2.30. The summed E-state index contributed by atoms with van der Waals surface area (Å²) in [5, 5.41) is 4.36. The Balaban J connectivity index is 1.83. The average molecular weight is 406 g/mol. The summed E-state index contributed by atoms with van der Waals surface area (Å²) >= 11 is 3.53. The third-order valence-corrected chi connectivity index (χ3v) is 4.54.